The first-order chi connectivity index (χ1) is 14.5. The van der Waals surface area contributed by atoms with Gasteiger partial charge in [-0.25, -0.2) is 12.8 Å². The van der Waals surface area contributed by atoms with Crippen molar-refractivity contribution in [2.75, 3.05) is 4.72 Å². The van der Waals surface area contributed by atoms with Crippen molar-refractivity contribution in [2.24, 2.45) is 0 Å². The minimum absolute atomic E-state index is 0.104. The maximum atomic E-state index is 13.7. The molecule has 0 aliphatic rings. The van der Waals surface area contributed by atoms with Crippen molar-refractivity contribution in [3.63, 3.8) is 0 Å². The van der Waals surface area contributed by atoms with Gasteiger partial charge in [0.2, 0.25) is 15.9 Å². The van der Waals surface area contributed by atoms with Crippen molar-refractivity contribution in [2.45, 2.75) is 5.75 Å². The van der Waals surface area contributed by atoms with Gasteiger partial charge in [0.1, 0.15) is 11.6 Å². The molecule has 0 spiro atoms. The Morgan fingerprint density at radius 2 is 1.63 bits per heavy atom. The monoisotopic (exact) mass is 424 g/mol. The molecule has 9 heteroatoms. The van der Waals surface area contributed by atoms with Crippen LogP contribution < -0.4 is 9.46 Å². The lowest BCUT2D eigenvalue weighted by Gasteiger charge is -2.10. The Balaban J connectivity index is 1.39. The summed E-state index contributed by atoms with van der Waals surface area (Å²) in [5, 5.41) is 8.12. The highest BCUT2D eigenvalue weighted by atomic mass is 32.2. The molecule has 2 aromatic carbocycles. The molecule has 0 saturated carbocycles. The Labute approximate surface area is 172 Å². The normalized spacial score (nSPS) is 11.2. The predicted molar refractivity (Wildman–Crippen MR) is 111 cm³/mol. The van der Waals surface area contributed by atoms with Gasteiger partial charge in [-0.1, -0.05) is 18.2 Å². The molecule has 7 nitrogen and oxygen atoms in total. The second kappa shape index (κ2) is 8.34. The molecule has 2 aromatic heterocycles. The number of anilines is 1. The fourth-order valence-electron chi connectivity index (χ4n) is 2.74. The number of nitrogens with one attached hydrogen (secondary N) is 1. The van der Waals surface area contributed by atoms with Gasteiger partial charge >= 0.3 is 0 Å². The van der Waals surface area contributed by atoms with E-state index in [2.05, 4.69) is 14.9 Å². The van der Waals surface area contributed by atoms with Crippen LogP contribution in [0.5, 0.6) is 11.6 Å². The Morgan fingerprint density at radius 1 is 0.900 bits per heavy atom. The molecule has 0 fully saturated rings. The molecule has 1 N–H and O–H groups in total. The van der Waals surface area contributed by atoms with Gasteiger partial charge < -0.3 is 9.30 Å². The molecule has 152 valence electrons. The molecule has 0 saturated heterocycles. The van der Waals surface area contributed by atoms with Crippen LogP contribution in [-0.2, 0) is 15.8 Å². The number of rotatable bonds is 7. The number of nitrogens with zero attached hydrogens (tertiary/aromatic N) is 3. The zero-order valence-electron chi connectivity index (χ0n) is 15.6. The largest absolute Gasteiger partial charge is 0.438 e. The summed E-state index contributed by atoms with van der Waals surface area (Å²) in [5.41, 5.74) is 0.444. The average Bonchev–Trinajstić information content (AvgIpc) is 3.26. The van der Waals surface area contributed by atoms with Crippen molar-refractivity contribution < 1.29 is 17.5 Å². The lowest BCUT2D eigenvalue weighted by Crippen LogP contribution is -2.15. The van der Waals surface area contributed by atoms with E-state index in [0.29, 0.717) is 23.1 Å². The smallest absolute Gasteiger partial charge is 0.238 e. The lowest BCUT2D eigenvalue weighted by atomic mass is 10.2. The highest BCUT2D eigenvalue weighted by Gasteiger charge is 2.14. The maximum Gasteiger partial charge on any atom is 0.238 e. The van der Waals surface area contributed by atoms with Crippen LogP contribution in [0.3, 0.4) is 0 Å². The van der Waals surface area contributed by atoms with Crippen LogP contribution in [0.2, 0.25) is 0 Å². The zero-order chi connectivity index (χ0) is 21.0. The van der Waals surface area contributed by atoms with Crippen LogP contribution in [0, 0.1) is 5.82 Å². The standard InChI is InChI=1S/C21H17FN4O3S/c22-19-6-2-1-5-16(19)15-30(27,28)25-17-7-9-18(10-8-17)29-21-12-11-20(23-24-21)26-13-3-4-14-26/h1-14,25H,15H2. The number of ether oxygens (including phenoxy) is 1. The molecule has 0 atom stereocenters. The maximum absolute atomic E-state index is 13.7. The summed E-state index contributed by atoms with van der Waals surface area (Å²) in [6, 6.07) is 19.3. The first kappa shape index (κ1) is 19.6. The first-order valence-electron chi connectivity index (χ1n) is 8.97. The van der Waals surface area contributed by atoms with Crippen LogP contribution in [0.15, 0.2) is 85.2 Å². The van der Waals surface area contributed by atoms with Crippen molar-refractivity contribution in [3.05, 3.63) is 96.6 Å². The van der Waals surface area contributed by atoms with E-state index < -0.39 is 21.6 Å². The number of sulfonamides is 1. The number of benzene rings is 2. The lowest BCUT2D eigenvalue weighted by molar-refractivity contribution is 0.454. The van der Waals surface area contributed by atoms with Gasteiger partial charge in [-0.2, -0.15) is 0 Å². The summed E-state index contributed by atoms with van der Waals surface area (Å²) < 4.78 is 48.2. The Bertz CT molecular complexity index is 1230. The SMILES string of the molecule is O=S(=O)(Cc1ccccc1F)Nc1ccc(Oc2ccc(-n3cccc3)nn2)cc1. The minimum atomic E-state index is -3.76. The van der Waals surface area contributed by atoms with E-state index in [0.717, 1.165) is 0 Å². The Morgan fingerprint density at radius 3 is 2.30 bits per heavy atom. The summed E-state index contributed by atoms with van der Waals surface area (Å²) in [4.78, 5) is 0. The van der Waals surface area contributed by atoms with E-state index >= 15 is 0 Å². The summed E-state index contributed by atoms with van der Waals surface area (Å²) in [5.74, 6) is 0.415. The van der Waals surface area contributed by atoms with Gasteiger partial charge in [-0.3, -0.25) is 4.72 Å². The third-order valence-electron chi connectivity index (χ3n) is 4.15. The predicted octanol–water partition coefficient (Wildman–Crippen LogP) is 4.14. The van der Waals surface area contributed by atoms with Crippen molar-refractivity contribution >= 4 is 15.7 Å². The van der Waals surface area contributed by atoms with Gasteiger partial charge in [0, 0.05) is 29.7 Å². The molecule has 0 aliphatic heterocycles. The third kappa shape index (κ3) is 4.81. The van der Waals surface area contributed by atoms with E-state index in [1.807, 2.05) is 29.1 Å². The fourth-order valence-corrected chi connectivity index (χ4v) is 3.95. The highest BCUT2D eigenvalue weighted by molar-refractivity contribution is 7.91. The van der Waals surface area contributed by atoms with Crippen molar-refractivity contribution in [3.8, 4) is 17.4 Å². The summed E-state index contributed by atoms with van der Waals surface area (Å²) >= 11 is 0. The second-order valence-corrected chi connectivity index (χ2v) is 8.12. The van der Waals surface area contributed by atoms with Crippen LogP contribution in [0.4, 0.5) is 10.1 Å². The summed E-state index contributed by atoms with van der Waals surface area (Å²) in [6.07, 6.45) is 3.72. The summed E-state index contributed by atoms with van der Waals surface area (Å²) in [7, 11) is -3.76. The minimum Gasteiger partial charge on any atom is -0.438 e. The Hall–Kier alpha value is -3.72. The number of hydrogen-bond donors (Lipinski definition) is 1. The van der Waals surface area contributed by atoms with Crippen molar-refractivity contribution in [1.29, 1.82) is 0 Å². The first-order valence-corrected chi connectivity index (χ1v) is 10.6. The molecular formula is C21H17FN4O3S. The topological polar surface area (TPSA) is 86.1 Å². The average molecular weight is 424 g/mol. The number of halogens is 1. The van der Waals surface area contributed by atoms with E-state index in [1.165, 1.54) is 18.2 Å². The fraction of sp³-hybridized carbons (Fsp3) is 0.0476. The molecule has 0 unspecified atom stereocenters. The van der Waals surface area contributed by atoms with Crippen LogP contribution in [0.25, 0.3) is 5.82 Å². The molecule has 4 aromatic rings. The molecule has 0 bridgehead atoms. The molecule has 2 heterocycles. The Kier molecular flexibility index (Phi) is 5.44. The van der Waals surface area contributed by atoms with E-state index in [4.69, 9.17) is 4.74 Å². The highest BCUT2D eigenvalue weighted by Crippen LogP contribution is 2.22. The van der Waals surface area contributed by atoms with Gasteiger partial charge in [-0.05, 0) is 48.5 Å². The molecule has 0 radical (unpaired) electrons. The molecule has 4 rings (SSSR count). The van der Waals surface area contributed by atoms with Crippen LogP contribution >= 0.6 is 0 Å². The molecule has 0 aliphatic carbocycles. The van der Waals surface area contributed by atoms with Gasteiger partial charge in [0.25, 0.3) is 0 Å². The van der Waals surface area contributed by atoms with Gasteiger partial charge in [0.05, 0.1) is 5.75 Å². The van der Waals surface area contributed by atoms with Crippen LogP contribution in [-0.4, -0.2) is 23.2 Å². The summed E-state index contributed by atoms with van der Waals surface area (Å²) in [6.45, 7) is 0. The van der Waals surface area contributed by atoms with Crippen molar-refractivity contribution in [1.82, 2.24) is 14.8 Å². The third-order valence-corrected chi connectivity index (χ3v) is 5.39. The molecular weight excluding hydrogens is 407 g/mol. The van der Waals surface area contributed by atoms with Crippen LogP contribution in [0.1, 0.15) is 5.56 Å². The molecule has 0 amide bonds. The van der Waals surface area contributed by atoms with E-state index in [1.54, 1.807) is 42.5 Å². The molecule has 30 heavy (non-hydrogen) atoms. The number of aromatic nitrogens is 3. The van der Waals surface area contributed by atoms with E-state index in [9.17, 15) is 12.8 Å². The zero-order valence-corrected chi connectivity index (χ0v) is 16.5. The van der Waals surface area contributed by atoms with Gasteiger partial charge in [0.15, 0.2) is 5.82 Å². The van der Waals surface area contributed by atoms with Gasteiger partial charge in [-0.15, -0.1) is 10.2 Å². The quantitative estimate of drug-likeness (QED) is 0.482. The van der Waals surface area contributed by atoms with E-state index in [-0.39, 0.29) is 5.56 Å². The number of hydrogen-bond acceptors (Lipinski definition) is 5. The second-order valence-electron chi connectivity index (χ2n) is 6.40.